The molecular weight excluding hydrogens is 1810 g/mol. The third-order valence-corrected chi connectivity index (χ3v) is 24.4. The molecule has 7 aliphatic rings. The highest BCUT2D eigenvalue weighted by atomic mass is 16.7. The van der Waals surface area contributed by atoms with E-state index in [0.29, 0.717) is 0 Å². The number of hydrogen-bond acceptors (Lipinski definition) is 42. The number of rotatable bonds is 36. The van der Waals surface area contributed by atoms with Crippen LogP contribution in [0.3, 0.4) is 0 Å². The number of nitrogens with zero attached hydrogens (tertiary/aromatic N) is 14. The highest BCUT2D eigenvalue weighted by Gasteiger charge is 2.50. The fourth-order valence-corrected chi connectivity index (χ4v) is 16.5. The van der Waals surface area contributed by atoms with Crippen molar-refractivity contribution in [2.75, 3.05) is 52.6 Å². The number of ether oxygens (including phenoxy) is 8. The van der Waals surface area contributed by atoms with E-state index in [0.717, 1.165) is 0 Å². The van der Waals surface area contributed by atoms with Crippen molar-refractivity contribution in [3.05, 3.63) is 47.6 Å². The van der Waals surface area contributed by atoms with Crippen LogP contribution in [0.25, 0.3) is 0 Å². The van der Waals surface area contributed by atoms with Crippen LogP contribution in [0.4, 0.5) is 0 Å². The van der Waals surface area contributed by atoms with Crippen LogP contribution in [0, 0.1) is 0 Å². The lowest BCUT2D eigenvalue weighted by Gasteiger charge is -2.39. The van der Waals surface area contributed by atoms with E-state index < -0.39 is 270 Å². The van der Waals surface area contributed by atoms with Crippen LogP contribution in [-0.2, 0) is 138 Å². The first kappa shape index (κ1) is 107. The molecule has 4 aromatic rings. The minimum absolute atomic E-state index is 0.0210. The maximum atomic E-state index is 15.1. The Morgan fingerprint density at radius 1 is 0.331 bits per heavy atom. The van der Waals surface area contributed by atoms with Crippen molar-refractivity contribution < 1.29 is 168 Å². The van der Waals surface area contributed by atoms with E-state index in [1.165, 1.54) is 67.2 Å². The van der Waals surface area contributed by atoms with Crippen LogP contribution < -0.4 is 42.5 Å². The van der Waals surface area contributed by atoms with Gasteiger partial charge in [-0.3, -0.25) is 66.7 Å². The van der Waals surface area contributed by atoms with Crippen molar-refractivity contribution in [1.82, 2.24) is 112 Å². The Bertz CT molecular complexity index is 4260. The number of carbonyl (C=O) groups is 10. The molecule has 56 nitrogen and oxygen atoms in total. The maximum Gasteiger partial charge on any atom is 0.245 e. The van der Waals surface area contributed by atoms with Crippen molar-refractivity contribution in [3.63, 3.8) is 0 Å². The fraction of sp³-hybridized carbons (Fsp3) is 0.775. The number of aryl methyl sites for hydroxylation is 4. The fourth-order valence-electron chi connectivity index (χ4n) is 16.5. The first-order valence-corrected chi connectivity index (χ1v) is 45.4. The molecule has 11 heterocycles. The van der Waals surface area contributed by atoms with Gasteiger partial charge >= 0.3 is 0 Å². The van der Waals surface area contributed by atoms with E-state index in [-0.39, 0.29) is 191 Å². The number of amides is 10. The average molecular weight is 1940 g/mol. The van der Waals surface area contributed by atoms with Crippen LogP contribution in [0.1, 0.15) is 139 Å². The van der Waals surface area contributed by atoms with E-state index in [9.17, 15) is 120 Å². The second-order valence-electron chi connectivity index (χ2n) is 34.5. The van der Waals surface area contributed by atoms with Gasteiger partial charge in [-0.15, -0.1) is 20.4 Å². The second kappa shape index (κ2) is 51.3. The first-order valence-electron chi connectivity index (χ1n) is 45.4. The largest absolute Gasteiger partial charge is 0.394 e. The van der Waals surface area contributed by atoms with Gasteiger partial charge in [-0.05, 0) is 117 Å². The SMILES string of the molecule is C[C@@H]1NC(=O)[C@H](CCCCn2cc(CO[C@@H]3O[C@H](CO)[C@H](O)[C@H](O)[C@H]3O)nn2)NC(=O)CNC(=O)[C@@H]2CCCN2C(=O)[C@H](CCCCn2cc(CO[C@@H]3O[C@H](CO)[C@H](O)[C@H](O)[C@H]3O)nn2)NC(=O)[C@H](C)NC(=O)[C@H](CCCCn2cc(CO[C@@H]3O[C@H](CO)[C@H](O)[C@H](O)[C@H]3O)nn2)NC(=O)CNC(=O)[C@@H]2CCCN2C(=O)[C@H](CCCCn2cc(CO[C@@H]3O[C@H](CO)[C@H](O)[C@H](O)[C@H]3O)nn2)NC1=O. The molecule has 0 aromatic carbocycles. The Balaban J connectivity index is 0.804. The molecule has 0 radical (unpaired) electrons. The van der Waals surface area contributed by atoms with Crippen molar-refractivity contribution in [3.8, 4) is 0 Å². The molecule has 0 bridgehead atoms. The van der Waals surface area contributed by atoms with Gasteiger partial charge in [-0.25, -0.2) is 0 Å². The highest BCUT2D eigenvalue weighted by Crippen LogP contribution is 2.30. The molecule has 0 spiro atoms. The van der Waals surface area contributed by atoms with Gasteiger partial charge in [-0.2, -0.15) is 0 Å². The molecule has 0 saturated carbocycles. The highest BCUT2D eigenvalue weighted by molar-refractivity contribution is 5.99. The molecule has 0 unspecified atom stereocenters. The predicted molar refractivity (Wildman–Crippen MR) is 448 cm³/mol. The summed E-state index contributed by atoms with van der Waals surface area (Å²) >= 11 is 0. The van der Waals surface area contributed by atoms with Crippen LogP contribution in [0.15, 0.2) is 24.8 Å². The molecule has 7 fully saturated rings. The Morgan fingerprint density at radius 2 is 0.596 bits per heavy atom. The molecule has 56 heteroatoms. The molecule has 10 amide bonds. The zero-order valence-corrected chi connectivity index (χ0v) is 74.9. The lowest BCUT2D eigenvalue weighted by molar-refractivity contribution is -0.304. The van der Waals surface area contributed by atoms with Crippen molar-refractivity contribution in [1.29, 1.82) is 0 Å². The van der Waals surface area contributed by atoms with Gasteiger partial charge in [-0.1, -0.05) is 20.9 Å². The Kier molecular flexibility index (Phi) is 40.2. The topological polar surface area (TPSA) is 794 Å². The van der Waals surface area contributed by atoms with Gasteiger partial charge in [0.1, 0.15) is 169 Å². The summed E-state index contributed by atoms with van der Waals surface area (Å²) in [5.74, 6) is -8.55. The van der Waals surface area contributed by atoms with Crippen LogP contribution in [0.2, 0.25) is 0 Å². The first-order chi connectivity index (χ1) is 65.1. The summed E-state index contributed by atoms with van der Waals surface area (Å²) in [5, 5.41) is 216. The van der Waals surface area contributed by atoms with Crippen LogP contribution >= 0.6 is 0 Å². The normalized spacial score (nSPS) is 33.2. The molecule has 760 valence electrons. The minimum atomic E-state index is -1.71. The van der Waals surface area contributed by atoms with Crippen LogP contribution in [-0.4, -0.2) is 434 Å². The van der Waals surface area contributed by atoms with Crippen molar-refractivity contribution in [2.45, 2.75) is 340 Å². The third kappa shape index (κ3) is 28.8. The smallest absolute Gasteiger partial charge is 0.245 e. The van der Waals surface area contributed by atoms with Crippen LogP contribution in [0.5, 0.6) is 0 Å². The monoisotopic (exact) mass is 1940 g/mol. The molecule has 0 aliphatic carbocycles. The van der Waals surface area contributed by atoms with Gasteiger partial charge in [0.25, 0.3) is 0 Å². The Hall–Kier alpha value is -9.70. The molecule has 28 atom stereocenters. The standard InChI is InChI=1S/C80H126N22O34/c1-39-69(121)87-47(15-5-9-21-99-29-43(91-95-99)37-131-79-67(119)63(115)59(111)53(33-105)135-79)75(127)101-23-11-17-49(101)73(125)82-26-56(108)86-46(14-4-8-20-98-28-42(90-94-98)36-130-78-66(118)62(114)58(110)52(32-104)134-78)72(124)84-40(2)70(122)88-48(16-6-10-22-100-30-44(92-96-100)38-132-80-68(120)64(116)60(112)54(34-106)136-80)76(128)102-24-12-18-50(102)74(126)81-25-55(107)85-45(71(123)83-39)13-3-7-19-97-27-41(89-93-97)35-129-77-65(117)61(113)57(109)51(31-103)133-77/h27-30,39-40,45-54,57-68,77-80,103-106,109-120H,3-26,31-38H2,1-2H3,(H,81,126)(H,82,125)(H,83,123)(H,84,124)(H,85,107)(H,86,108)(H,87,121)(H,88,122)/t39-,40-,45-,46-,47-,48-,49-,50-,51+,52+,53+,54+,57-,58-,59-,60-,61-,62-,63-,64-,65+,66+,67+,68+,77+,78+,79+,80+/m0/s1. The minimum Gasteiger partial charge on any atom is -0.394 e. The molecule has 136 heavy (non-hydrogen) atoms. The van der Waals surface area contributed by atoms with Gasteiger partial charge in [0.15, 0.2) is 25.2 Å². The second-order valence-corrected chi connectivity index (χ2v) is 34.5. The number of carbonyl (C=O) groups excluding carboxylic acids is 10. The summed E-state index contributed by atoms with van der Waals surface area (Å²) in [6.45, 7) is -2.37. The van der Waals surface area contributed by atoms with E-state index in [1.807, 2.05) is 0 Å². The van der Waals surface area contributed by atoms with E-state index >= 15 is 9.59 Å². The van der Waals surface area contributed by atoms with Crippen molar-refractivity contribution >= 4 is 59.1 Å². The van der Waals surface area contributed by atoms with E-state index in [4.69, 9.17) is 37.9 Å². The quantitative estimate of drug-likeness (QED) is 0.0188. The maximum absolute atomic E-state index is 15.1. The summed E-state index contributed by atoms with van der Waals surface area (Å²) in [5.41, 5.74) is 0.925. The number of hydrogen-bond donors (Lipinski definition) is 24. The molecule has 24 N–H and O–H groups in total. The van der Waals surface area contributed by atoms with Gasteiger partial charge < -0.3 is 172 Å². The molecular formula is C80H126N22O34. The zero-order chi connectivity index (χ0) is 98.1. The molecule has 7 aliphatic heterocycles. The number of nitrogens with one attached hydrogen (secondary N) is 8. The van der Waals surface area contributed by atoms with Crippen molar-refractivity contribution in [2.24, 2.45) is 0 Å². The summed E-state index contributed by atoms with van der Waals surface area (Å²) in [7, 11) is 0. The Morgan fingerprint density at radius 3 is 0.860 bits per heavy atom. The lowest BCUT2D eigenvalue weighted by Crippen LogP contribution is -2.59. The number of unbranched alkanes of at least 4 members (excludes halogenated alkanes) is 4. The predicted octanol–water partition coefficient (Wildman–Crippen LogP) is -13.7. The molecule has 4 aromatic heterocycles. The summed E-state index contributed by atoms with van der Waals surface area (Å²) in [4.78, 5) is 149. The Labute approximate surface area is 776 Å². The summed E-state index contributed by atoms with van der Waals surface area (Å²) in [6, 6.07) is -11.2. The number of aliphatic hydroxyl groups excluding tert-OH is 16. The number of fused-ring (bicyclic) bond motifs is 2. The van der Waals surface area contributed by atoms with Gasteiger partial charge in [0.05, 0.1) is 90.7 Å². The lowest BCUT2D eigenvalue weighted by atomic mass is 9.99. The van der Waals surface area contributed by atoms with Gasteiger partial charge in [0.2, 0.25) is 59.1 Å². The average Bonchev–Trinajstić information content (AvgIpc) is 0.968. The number of aliphatic hydroxyl groups is 16. The zero-order valence-electron chi connectivity index (χ0n) is 74.9. The summed E-state index contributed by atoms with van der Waals surface area (Å²) < 4.78 is 49.9. The molecule has 7 saturated heterocycles. The van der Waals surface area contributed by atoms with E-state index in [1.54, 1.807) is 0 Å². The number of aromatic nitrogens is 12. The van der Waals surface area contributed by atoms with E-state index in [2.05, 4.69) is 83.8 Å². The van der Waals surface area contributed by atoms with Gasteiger partial charge in [0, 0.05) is 39.3 Å². The summed E-state index contributed by atoms with van der Waals surface area (Å²) in [6.07, 6.45) is -23.1. The molecule has 11 rings (SSSR count). The third-order valence-electron chi connectivity index (χ3n) is 24.4.